The molecule has 0 aromatic carbocycles. The molecule has 1 aliphatic heterocycles. The van der Waals surface area contributed by atoms with E-state index in [0.717, 1.165) is 12.1 Å². The molecule has 1 unspecified atom stereocenters. The largest absolute Gasteiger partial charge is 0.310 e. The quantitative estimate of drug-likeness (QED) is 0.596. The van der Waals surface area contributed by atoms with E-state index in [-0.39, 0.29) is 0 Å². The molecule has 0 aliphatic carbocycles. The number of nitrogens with one attached hydrogen (secondary N) is 1. The topological polar surface area (TPSA) is 15.3 Å². The van der Waals surface area contributed by atoms with Gasteiger partial charge in [0.25, 0.3) is 0 Å². The van der Waals surface area contributed by atoms with Crippen molar-refractivity contribution in [1.29, 1.82) is 0 Å². The molecule has 0 radical (unpaired) electrons. The summed E-state index contributed by atoms with van der Waals surface area (Å²) in [4.78, 5) is 2.45. The second kappa shape index (κ2) is 9.80. The fourth-order valence-corrected chi connectivity index (χ4v) is 3.00. The van der Waals surface area contributed by atoms with Crippen molar-refractivity contribution in [3.05, 3.63) is 0 Å². The zero-order valence-corrected chi connectivity index (χ0v) is 12.9. The highest BCUT2D eigenvalue weighted by Gasteiger charge is 2.21. The lowest BCUT2D eigenvalue weighted by Crippen LogP contribution is -2.39. The molecule has 2 heteroatoms. The van der Waals surface area contributed by atoms with Crippen LogP contribution in [0.4, 0.5) is 0 Å². The minimum atomic E-state index is 0.753. The number of hydrogen-bond donors (Lipinski definition) is 1. The molecule has 0 spiro atoms. The van der Waals surface area contributed by atoms with Gasteiger partial charge in [0.05, 0.1) is 0 Å². The van der Waals surface area contributed by atoms with Crippen LogP contribution in [-0.4, -0.2) is 37.1 Å². The molecule has 1 atom stereocenters. The number of unbranched alkanes of at least 4 members (excludes halogenated alkanes) is 4. The lowest BCUT2D eigenvalue weighted by molar-refractivity contribution is 0.352. The number of likely N-dealkylation sites (N-methyl/N-ethyl adjacent to an activating group) is 1. The maximum atomic E-state index is 3.92. The highest BCUT2D eigenvalue weighted by atomic mass is 15.2. The van der Waals surface area contributed by atoms with Crippen LogP contribution in [0.1, 0.15) is 71.6 Å². The van der Waals surface area contributed by atoms with E-state index in [0.29, 0.717) is 0 Å². The van der Waals surface area contributed by atoms with Gasteiger partial charge < -0.3 is 10.2 Å². The zero-order valence-electron chi connectivity index (χ0n) is 12.9. The molecule has 0 bridgehead atoms. The zero-order chi connectivity index (χ0) is 13.2. The Labute approximate surface area is 115 Å². The monoisotopic (exact) mass is 254 g/mol. The Morgan fingerprint density at radius 3 is 2.11 bits per heavy atom. The normalized spacial score (nSPS) is 21.0. The van der Waals surface area contributed by atoms with Crippen LogP contribution in [0.5, 0.6) is 0 Å². The van der Waals surface area contributed by atoms with Crippen LogP contribution < -0.4 is 5.32 Å². The Hall–Kier alpha value is -0.0800. The maximum absolute atomic E-state index is 3.92. The minimum Gasteiger partial charge on any atom is -0.310 e. The smallest absolute Gasteiger partial charge is 0.0209 e. The van der Waals surface area contributed by atoms with Gasteiger partial charge in [-0.15, -0.1) is 0 Å². The summed E-state index contributed by atoms with van der Waals surface area (Å²) >= 11 is 0. The standard InChI is InChI=1S/C16H34N2/c1-4-6-8-10-15(11-9-7-5-2)17-16-12-13-18(3)14-16/h15-17H,4-14H2,1-3H3. The highest BCUT2D eigenvalue weighted by Crippen LogP contribution is 2.14. The first-order chi connectivity index (χ1) is 8.76. The van der Waals surface area contributed by atoms with Crippen molar-refractivity contribution in [3.8, 4) is 0 Å². The van der Waals surface area contributed by atoms with Gasteiger partial charge >= 0.3 is 0 Å². The molecule has 1 fully saturated rings. The number of hydrogen-bond acceptors (Lipinski definition) is 2. The fraction of sp³-hybridized carbons (Fsp3) is 1.00. The van der Waals surface area contributed by atoms with E-state index in [1.165, 1.54) is 70.9 Å². The number of rotatable bonds is 10. The predicted octanol–water partition coefficient (Wildman–Crippen LogP) is 3.81. The van der Waals surface area contributed by atoms with Crippen LogP contribution in [0.25, 0.3) is 0 Å². The summed E-state index contributed by atoms with van der Waals surface area (Å²) in [6, 6.07) is 1.53. The van der Waals surface area contributed by atoms with Gasteiger partial charge in [0, 0.05) is 18.6 Å². The average molecular weight is 254 g/mol. The van der Waals surface area contributed by atoms with Gasteiger partial charge in [-0.05, 0) is 32.9 Å². The van der Waals surface area contributed by atoms with Crippen molar-refractivity contribution in [3.63, 3.8) is 0 Å². The van der Waals surface area contributed by atoms with E-state index in [4.69, 9.17) is 0 Å². The maximum Gasteiger partial charge on any atom is 0.0209 e. The van der Waals surface area contributed by atoms with Gasteiger partial charge in [0.2, 0.25) is 0 Å². The van der Waals surface area contributed by atoms with Crippen LogP contribution in [0.3, 0.4) is 0 Å². The summed E-state index contributed by atoms with van der Waals surface area (Å²) in [6.07, 6.45) is 12.4. The van der Waals surface area contributed by atoms with Crippen molar-refractivity contribution in [1.82, 2.24) is 10.2 Å². The van der Waals surface area contributed by atoms with Gasteiger partial charge in [-0.25, -0.2) is 0 Å². The molecule has 1 N–H and O–H groups in total. The first kappa shape index (κ1) is 16.0. The molecule has 0 aromatic heterocycles. The molecular weight excluding hydrogens is 220 g/mol. The molecule has 1 aliphatic rings. The van der Waals surface area contributed by atoms with Crippen molar-refractivity contribution >= 4 is 0 Å². The minimum absolute atomic E-state index is 0.753. The van der Waals surface area contributed by atoms with E-state index in [1.54, 1.807) is 0 Å². The lowest BCUT2D eigenvalue weighted by Gasteiger charge is -2.23. The van der Waals surface area contributed by atoms with Crippen LogP contribution in [-0.2, 0) is 0 Å². The van der Waals surface area contributed by atoms with Crippen molar-refractivity contribution in [2.75, 3.05) is 20.1 Å². The molecule has 0 aromatic rings. The second-order valence-electron chi connectivity index (χ2n) is 6.10. The third-order valence-corrected chi connectivity index (χ3v) is 4.18. The van der Waals surface area contributed by atoms with Gasteiger partial charge in [0.1, 0.15) is 0 Å². The Bertz CT molecular complexity index is 184. The van der Waals surface area contributed by atoms with Gasteiger partial charge in [-0.2, -0.15) is 0 Å². The van der Waals surface area contributed by atoms with Crippen molar-refractivity contribution in [2.24, 2.45) is 0 Å². The highest BCUT2D eigenvalue weighted by molar-refractivity contribution is 4.82. The Balaban J connectivity index is 2.23. The third kappa shape index (κ3) is 6.75. The Kier molecular flexibility index (Phi) is 8.70. The second-order valence-corrected chi connectivity index (χ2v) is 6.10. The summed E-state index contributed by atoms with van der Waals surface area (Å²) < 4.78 is 0. The fourth-order valence-electron chi connectivity index (χ4n) is 3.00. The van der Waals surface area contributed by atoms with E-state index < -0.39 is 0 Å². The summed E-state index contributed by atoms with van der Waals surface area (Å²) in [5, 5.41) is 3.92. The van der Waals surface area contributed by atoms with E-state index in [2.05, 4.69) is 31.1 Å². The van der Waals surface area contributed by atoms with Crippen molar-refractivity contribution in [2.45, 2.75) is 83.7 Å². The summed E-state index contributed by atoms with van der Waals surface area (Å²) in [6.45, 7) is 7.11. The summed E-state index contributed by atoms with van der Waals surface area (Å²) in [7, 11) is 2.24. The lowest BCUT2D eigenvalue weighted by atomic mass is 10.0. The van der Waals surface area contributed by atoms with Crippen molar-refractivity contribution < 1.29 is 0 Å². The number of likely N-dealkylation sites (tertiary alicyclic amines) is 1. The number of nitrogens with zero attached hydrogens (tertiary/aromatic N) is 1. The molecule has 108 valence electrons. The summed E-state index contributed by atoms with van der Waals surface area (Å²) in [5.74, 6) is 0. The van der Waals surface area contributed by atoms with E-state index >= 15 is 0 Å². The molecule has 2 nitrogen and oxygen atoms in total. The van der Waals surface area contributed by atoms with E-state index in [9.17, 15) is 0 Å². The van der Waals surface area contributed by atoms with Crippen LogP contribution in [0, 0.1) is 0 Å². The average Bonchev–Trinajstić information content (AvgIpc) is 2.75. The molecule has 1 rings (SSSR count). The molecule has 1 heterocycles. The third-order valence-electron chi connectivity index (χ3n) is 4.18. The Morgan fingerprint density at radius 1 is 1.06 bits per heavy atom. The molecular formula is C16H34N2. The van der Waals surface area contributed by atoms with Crippen LogP contribution in [0.15, 0.2) is 0 Å². The molecule has 18 heavy (non-hydrogen) atoms. The Morgan fingerprint density at radius 2 is 1.67 bits per heavy atom. The van der Waals surface area contributed by atoms with Crippen LogP contribution >= 0.6 is 0 Å². The molecule has 1 saturated heterocycles. The van der Waals surface area contributed by atoms with E-state index in [1.807, 2.05) is 0 Å². The predicted molar refractivity (Wildman–Crippen MR) is 81.1 cm³/mol. The van der Waals surface area contributed by atoms with Crippen LogP contribution in [0.2, 0.25) is 0 Å². The molecule has 0 amide bonds. The first-order valence-electron chi connectivity index (χ1n) is 8.20. The first-order valence-corrected chi connectivity index (χ1v) is 8.20. The SMILES string of the molecule is CCCCCC(CCCCC)NC1CCN(C)C1. The van der Waals surface area contributed by atoms with Gasteiger partial charge in [-0.3, -0.25) is 0 Å². The molecule has 0 saturated carbocycles. The van der Waals surface area contributed by atoms with Gasteiger partial charge in [0.15, 0.2) is 0 Å². The summed E-state index contributed by atoms with van der Waals surface area (Å²) in [5.41, 5.74) is 0. The van der Waals surface area contributed by atoms with Gasteiger partial charge in [-0.1, -0.05) is 52.4 Å².